The van der Waals surface area contributed by atoms with Crippen molar-refractivity contribution in [2.75, 3.05) is 6.61 Å². The molecule has 1 aliphatic rings. The minimum atomic E-state index is -0.0433. The molecule has 1 saturated carbocycles. The van der Waals surface area contributed by atoms with E-state index in [4.69, 9.17) is 4.74 Å². The summed E-state index contributed by atoms with van der Waals surface area (Å²) in [6.07, 6.45) is 4.48. The number of carbonyl (C=O) groups excluding carboxylic acids is 1. The highest BCUT2D eigenvalue weighted by Crippen LogP contribution is 2.37. The Bertz CT molecular complexity index is 790. The third-order valence-corrected chi connectivity index (χ3v) is 6.33. The van der Waals surface area contributed by atoms with Crippen molar-refractivity contribution in [2.24, 2.45) is 11.3 Å². The molecular weight excluding hydrogens is 414 g/mol. The van der Waals surface area contributed by atoms with Crippen molar-refractivity contribution in [3.05, 3.63) is 53.0 Å². The molecular formula is C24H30BrNO2. The monoisotopic (exact) mass is 443 g/mol. The van der Waals surface area contributed by atoms with Crippen LogP contribution in [0, 0.1) is 11.3 Å². The largest absolute Gasteiger partial charge is 0.483 e. The van der Waals surface area contributed by atoms with Gasteiger partial charge in [0, 0.05) is 6.04 Å². The maximum absolute atomic E-state index is 12.3. The summed E-state index contributed by atoms with van der Waals surface area (Å²) in [5.41, 5.74) is 2.62. The zero-order valence-electron chi connectivity index (χ0n) is 17.0. The summed E-state index contributed by atoms with van der Waals surface area (Å²) in [6, 6.07) is 16.4. The summed E-state index contributed by atoms with van der Waals surface area (Å²) in [5, 5.41) is 3.14. The highest BCUT2D eigenvalue weighted by molar-refractivity contribution is 9.10. The van der Waals surface area contributed by atoms with Gasteiger partial charge in [0.05, 0.1) is 4.47 Å². The van der Waals surface area contributed by atoms with E-state index in [1.807, 2.05) is 36.4 Å². The topological polar surface area (TPSA) is 38.3 Å². The summed E-state index contributed by atoms with van der Waals surface area (Å²) < 4.78 is 6.60. The first-order valence-corrected chi connectivity index (χ1v) is 10.9. The predicted octanol–water partition coefficient (Wildman–Crippen LogP) is 6.22. The van der Waals surface area contributed by atoms with Crippen LogP contribution in [0.5, 0.6) is 5.75 Å². The van der Waals surface area contributed by atoms with Crippen LogP contribution < -0.4 is 10.1 Å². The number of nitrogens with one attached hydrogen (secondary N) is 1. The molecule has 0 aromatic heterocycles. The van der Waals surface area contributed by atoms with Crippen LogP contribution in [0.3, 0.4) is 0 Å². The van der Waals surface area contributed by atoms with Gasteiger partial charge in [0.25, 0.3) is 5.91 Å². The molecule has 0 unspecified atom stereocenters. The van der Waals surface area contributed by atoms with Crippen molar-refractivity contribution in [1.82, 2.24) is 5.32 Å². The van der Waals surface area contributed by atoms with E-state index in [2.05, 4.69) is 54.2 Å². The SMILES string of the molecule is CC(C)(C)C1CCC(NC(=O)COc2ccc(-c3ccccc3)cc2Br)CC1. The van der Waals surface area contributed by atoms with Crippen LogP contribution in [0.25, 0.3) is 11.1 Å². The molecule has 1 amide bonds. The van der Waals surface area contributed by atoms with E-state index in [0.29, 0.717) is 11.2 Å². The Balaban J connectivity index is 1.49. The zero-order valence-corrected chi connectivity index (χ0v) is 18.6. The van der Waals surface area contributed by atoms with Gasteiger partial charge in [-0.3, -0.25) is 4.79 Å². The smallest absolute Gasteiger partial charge is 0.258 e. The van der Waals surface area contributed by atoms with Crippen LogP contribution in [0.4, 0.5) is 0 Å². The molecule has 0 atom stereocenters. The van der Waals surface area contributed by atoms with Gasteiger partial charge in [-0.05, 0) is 76.2 Å². The molecule has 3 rings (SSSR count). The van der Waals surface area contributed by atoms with Crippen molar-refractivity contribution < 1.29 is 9.53 Å². The Kier molecular flexibility index (Phi) is 6.82. The van der Waals surface area contributed by atoms with E-state index in [1.54, 1.807) is 0 Å². The van der Waals surface area contributed by atoms with E-state index in [0.717, 1.165) is 34.4 Å². The number of ether oxygens (including phenoxy) is 1. The number of hydrogen-bond donors (Lipinski definition) is 1. The van der Waals surface area contributed by atoms with E-state index in [9.17, 15) is 4.79 Å². The number of halogens is 1. The first kappa shape index (κ1) is 20.9. The molecule has 4 heteroatoms. The second-order valence-electron chi connectivity index (χ2n) is 8.78. The zero-order chi connectivity index (χ0) is 20.1. The van der Waals surface area contributed by atoms with E-state index in [1.165, 1.54) is 12.8 Å². The first-order chi connectivity index (χ1) is 13.3. The van der Waals surface area contributed by atoms with E-state index < -0.39 is 0 Å². The molecule has 0 spiro atoms. The molecule has 0 bridgehead atoms. The van der Waals surface area contributed by atoms with E-state index in [-0.39, 0.29) is 18.6 Å². The molecule has 1 fully saturated rings. The second-order valence-corrected chi connectivity index (χ2v) is 9.64. The summed E-state index contributed by atoms with van der Waals surface area (Å²) in [6.45, 7) is 6.98. The molecule has 1 N–H and O–H groups in total. The molecule has 0 aliphatic heterocycles. The van der Waals surface area contributed by atoms with Crippen molar-refractivity contribution >= 4 is 21.8 Å². The second kappa shape index (κ2) is 9.13. The first-order valence-electron chi connectivity index (χ1n) is 10.1. The summed E-state index contributed by atoms with van der Waals surface area (Å²) >= 11 is 3.56. The molecule has 1 aliphatic carbocycles. The lowest BCUT2D eigenvalue weighted by Crippen LogP contribution is -2.41. The van der Waals surface area contributed by atoms with Gasteiger partial charge < -0.3 is 10.1 Å². The van der Waals surface area contributed by atoms with E-state index >= 15 is 0 Å². The van der Waals surface area contributed by atoms with Gasteiger partial charge >= 0.3 is 0 Å². The van der Waals surface area contributed by atoms with Gasteiger partial charge in [-0.15, -0.1) is 0 Å². The van der Waals surface area contributed by atoms with Gasteiger partial charge in [0.2, 0.25) is 0 Å². The van der Waals surface area contributed by atoms with Gasteiger partial charge in [-0.1, -0.05) is 57.2 Å². The van der Waals surface area contributed by atoms with Crippen molar-refractivity contribution in [1.29, 1.82) is 0 Å². The lowest BCUT2D eigenvalue weighted by molar-refractivity contribution is -0.124. The van der Waals surface area contributed by atoms with Crippen molar-refractivity contribution in [2.45, 2.75) is 52.5 Å². The van der Waals surface area contributed by atoms with Crippen LogP contribution in [-0.4, -0.2) is 18.6 Å². The number of rotatable bonds is 5. The lowest BCUT2D eigenvalue weighted by Gasteiger charge is -2.37. The molecule has 0 heterocycles. The van der Waals surface area contributed by atoms with Gasteiger partial charge in [-0.2, -0.15) is 0 Å². The van der Waals surface area contributed by atoms with Crippen LogP contribution in [0.2, 0.25) is 0 Å². The molecule has 0 radical (unpaired) electrons. The Morgan fingerprint density at radius 2 is 1.71 bits per heavy atom. The molecule has 28 heavy (non-hydrogen) atoms. The van der Waals surface area contributed by atoms with Crippen LogP contribution >= 0.6 is 15.9 Å². The third kappa shape index (κ3) is 5.60. The highest BCUT2D eigenvalue weighted by Gasteiger charge is 2.30. The average Bonchev–Trinajstić information content (AvgIpc) is 2.67. The molecule has 0 saturated heterocycles. The van der Waals surface area contributed by atoms with Gasteiger partial charge in [0.15, 0.2) is 6.61 Å². The highest BCUT2D eigenvalue weighted by atomic mass is 79.9. The maximum atomic E-state index is 12.3. The average molecular weight is 444 g/mol. The van der Waals surface area contributed by atoms with Gasteiger partial charge in [-0.25, -0.2) is 0 Å². The molecule has 2 aromatic carbocycles. The van der Waals surface area contributed by atoms with Crippen LogP contribution in [-0.2, 0) is 4.79 Å². The van der Waals surface area contributed by atoms with Crippen LogP contribution in [0.1, 0.15) is 46.5 Å². The van der Waals surface area contributed by atoms with Gasteiger partial charge in [0.1, 0.15) is 5.75 Å². The third-order valence-electron chi connectivity index (χ3n) is 5.71. The fraction of sp³-hybridized carbons (Fsp3) is 0.458. The van der Waals surface area contributed by atoms with Crippen molar-refractivity contribution in [3.63, 3.8) is 0 Å². The minimum Gasteiger partial charge on any atom is -0.483 e. The Labute approximate surface area is 177 Å². The Hall–Kier alpha value is -1.81. The number of hydrogen-bond acceptors (Lipinski definition) is 2. The lowest BCUT2D eigenvalue weighted by atomic mass is 9.71. The normalized spacial score (nSPS) is 19.9. The standard InChI is InChI=1S/C24H30BrNO2/c1-24(2,3)19-10-12-20(13-11-19)26-23(27)16-28-22-14-9-18(15-21(22)25)17-7-5-4-6-8-17/h4-9,14-15,19-20H,10-13,16H2,1-3H3,(H,26,27). The predicted molar refractivity (Wildman–Crippen MR) is 118 cm³/mol. The number of carbonyl (C=O) groups is 1. The molecule has 3 nitrogen and oxygen atoms in total. The fourth-order valence-electron chi connectivity index (χ4n) is 3.94. The quantitative estimate of drug-likeness (QED) is 0.595. The minimum absolute atomic E-state index is 0.0433. The summed E-state index contributed by atoms with van der Waals surface area (Å²) in [7, 11) is 0. The number of amides is 1. The molecule has 2 aromatic rings. The maximum Gasteiger partial charge on any atom is 0.258 e. The van der Waals surface area contributed by atoms with Crippen molar-refractivity contribution in [3.8, 4) is 16.9 Å². The number of benzene rings is 2. The fourth-order valence-corrected chi connectivity index (χ4v) is 4.44. The summed E-state index contributed by atoms with van der Waals surface area (Å²) in [4.78, 5) is 12.3. The Morgan fingerprint density at radius 1 is 1.04 bits per heavy atom. The molecule has 150 valence electrons. The summed E-state index contributed by atoms with van der Waals surface area (Å²) in [5.74, 6) is 1.39. The van der Waals surface area contributed by atoms with Crippen LogP contribution in [0.15, 0.2) is 53.0 Å². The Morgan fingerprint density at radius 3 is 2.32 bits per heavy atom.